The number of aryl methyl sites for hydroxylation is 2. The molecule has 0 aromatic carbocycles. The number of fused-ring (bicyclic) bond motifs is 1. The number of hydrogen-bond acceptors (Lipinski definition) is 4. The molecule has 1 saturated heterocycles. The van der Waals surface area contributed by atoms with Gasteiger partial charge in [0.05, 0.1) is 11.6 Å². The third-order valence-electron chi connectivity index (χ3n) is 3.49. The van der Waals surface area contributed by atoms with Gasteiger partial charge in [0.2, 0.25) is 5.91 Å². The molecule has 5 heteroatoms. The molecule has 17 heavy (non-hydrogen) atoms. The predicted octanol–water partition coefficient (Wildman–Crippen LogP) is 1.57. The summed E-state index contributed by atoms with van der Waals surface area (Å²) in [6, 6.07) is 0. The Labute approximate surface area is 105 Å². The molecule has 92 valence electrons. The topological polar surface area (TPSA) is 54.0 Å². The molecule has 1 aromatic heterocycles. The summed E-state index contributed by atoms with van der Waals surface area (Å²) in [5, 5.41) is 7.03. The number of carbonyl (C=O) groups excluding carboxylic acids is 1. The van der Waals surface area contributed by atoms with E-state index >= 15 is 0 Å². The van der Waals surface area contributed by atoms with Gasteiger partial charge in [-0.3, -0.25) is 4.79 Å². The third-order valence-corrected chi connectivity index (χ3v) is 4.57. The molecule has 0 saturated carbocycles. The number of rotatable bonds is 2. The Hall–Kier alpha value is -0.940. The zero-order valence-corrected chi connectivity index (χ0v) is 10.6. The standard InChI is InChI=1S/C12H17N3OS/c16-11(8-3-2-6-13-7-8)15-12-14-9-4-1-5-10(9)17-12/h8,13H,1-7H2,(H,14,15,16)/t8-/m1/s1. The van der Waals surface area contributed by atoms with Gasteiger partial charge in [-0.1, -0.05) is 0 Å². The van der Waals surface area contributed by atoms with Crippen molar-refractivity contribution in [2.75, 3.05) is 18.4 Å². The quantitative estimate of drug-likeness (QED) is 0.839. The predicted molar refractivity (Wildman–Crippen MR) is 68.4 cm³/mol. The Morgan fingerprint density at radius 1 is 1.41 bits per heavy atom. The molecule has 1 aliphatic carbocycles. The molecule has 1 atom stereocenters. The van der Waals surface area contributed by atoms with Crippen molar-refractivity contribution in [2.24, 2.45) is 5.92 Å². The number of amides is 1. The van der Waals surface area contributed by atoms with E-state index in [1.807, 2.05) is 0 Å². The van der Waals surface area contributed by atoms with Gasteiger partial charge in [-0.2, -0.15) is 0 Å². The summed E-state index contributed by atoms with van der Waals surface area (Å²) in [5.74, 6) is 0.243. The molecule has 2 aliphatic rings. The number of aromatic nitrogens is 1. The summed E-state index contributed by atoms with van der Waals surface area (Å²) < 4.78 is 0. The monoisotopic (exact) mass is 251 g/mol. The minimum Gasteiger partial charge on any atom is -0.316 e. The maximum absolute atomic E-state index is 12.0. The first-order valence-corrected chi connectivity index (χ1v) is 7.15. The Morgan fingerprint density at radius 2 is 2.35 bits per heavy atom. The lowest BCUT2D eigenvalue weighted by atomic mass is 9.99. The van der Waals surface area contributed by atoms with Crippen molar-refractivity contribution in [1.29, 1.82) is 0 Å². The third kappa shape index (κ3) is 2.35. The number of hydrogen-bond donors (Lipinski definition) is 2. The van der Waals surface area contributed by atoms with Crippen LogP contribution in [0.25, 0.3) is 0 Å². The highest BCUT2D eigenvalue weighted by molar-refractivity contribution is 7.15. The highest BCUT2D eigenvalue weighted by Gasteiger charge is 2.23. The highest BCUT2D eigenvalue weighted by Crippen LogP contribution is 2.30. The molecule has 2 N–H and O–H groups in total. The second-order valence-corrected chi connectivity index (χ2v) is 5.86. The van der Waals surface area contributed by atoms with E-state index in [4.69, 9.17) is 0 Å². The SMILES string of the molecule is O=C(Nc1nc2c(s1)CCC2)[C@@H]1CCCNC1. The van der Waals surface area contributed by atoms with Crippen molar-refractivity contribution >= 4 is 22.4 Å². The van der Waals surface area contributed by atoms with E-state index in [0.717, 1.165) is 43.9 Å². The van der Waals surface area contributed by atoms with Crippen LogP contribution in [0.3, 0.4) is 0 Å². The highest BCUT2D eigenvalue weighted by atomic mass is 32.1. The summed E-state index contributed by atoms with van der Waals surface area (Å²) in [5.41, 5.74) is 1.20. The molecule has 1 aliphatic heterocycles. The van der Waals surface area contributed by atoms with Crippen molar-refractivity contribution < 1.29 is 4.79 Å². The van der Waals surface area contributed by atoms with E-state index < -0.39 is 0 Å². The molecule has 2 heterocycles. The lowest BCUT2D eigenvalue weighted by Gasteiger charge is -2.21. The van der Waals surface area contributed by atoms with Crippen LogP contribution in [-0.2, 0) is 17.6 Å². The normalized spacial score (nSPS) is 23.4. The van der Waals surface area contributed by atoms with E-state index in [0.29, 0.717) is 0 Å². The van der Waals surface area contributed by atoms with E-state index in [9.17, 15) is 4.79 Å². The van der Waals surface area contributed by atoms with Crippen LogP contribution in [-0.4, -0.2) is 24.0 Å². The summed E-state index contributed by atoms with van der Waals surface area (Å²) >= 11 is 1.65. The zero-order chi connectivity index (χ0) is 11.7. The maximum Gasteiger partial charge on any atom is 0.230 e. The van der Waals surface area contributed by atoms with E-state index in [2.05, 4.69) is 15.6 Å². The molecule has 0 spiro atoms. The van der Waals surface area contributed by atoms with Gasteiger partial charge in [0, 0.05) is 11.4 Å². The van der Waals surface area contributed by atoms with Crippen molar-refractivity contribution in [3.05, 3.63) is 10.6 Å². The van der Waals surface area contributed by atoms with Crippen LogP contribution in [0.5, 0.6) is 0 Å². The van der Waals surface area contributed by atoms with Gasteiger partial charge < -0.3 is 10.6 Å². The minimum absolute atomic E-state index is 0.113. The van der Waals surface area contributed by atoms with Gasteiger partial charge in [0.15, 0.2) is 5.13 Å². The molecular weight excluding hydrogens is 234 g/mol. The molecule has 4 nitrogen and oxygen atoms in total. The fourth-order valence-electron chi connectivity index (χ4n) is 2.53. The van der Waals surface area contributed by atoms with Crippen molar-refractivity contribution in [2.45, 2.75) is 32.1 Å². The van der Waals surface area contributed by atoms with Crippen molar-refractivity contribution in [3.8, 4) is 0 Å². The molecular formula is C12H17N3OS. The Kier molecular flexibility index (Phi) is 3.11. The fraction of sp³-hybridized carbons (Fsp3) is 0.667. The van der Waals surface area contributed by atoms with Crippen LogP contribution < -0.4 is 10.6 Å². The fourth-order valence-corrected chi connectivity index (χ4v) is 3.58. The van der Waals surface area contributed by atoms with Crippen molar-refractivity contribution in [1.82, 2.24) is 10.3 Å². The first kappa shape index (κ1) is 11.2. The van der Waals surface area contributed by atoms with Crippen LogP contribution in [0, 0.1) is 5.92 Å². The summed E-state index contributed by atoms with van der Waals surface area (Å²) in [6.07, 6.45) is 5.51. The molecule has 0 radical (unpaired) electrons. The molecule has 1 amide bonds. The minimum atomic E-state index is 0.113. The van der Waals surface area contributed by atoms with Gasteiger partial charge in [-0.15, -0.1) is 11.3 Å². The van der Waals surface area contributed by atoms with Crippen LogP contribution in [0.15, 0.2) is 0 Å². The molecule has 0 unspecified atom stereocenters. The smallest absolute Gasteiger partial charge is 0.230 e. The van der Waals surface area contributed by atoms with E-state index in [-0.39, 0.29) is 11.8 Å². The largest absolute Gasteiger partial charge is 0.316 e. The van der Waals surface area contributed by atoms with Crippen molar-refractivity contribution in [3.63, 3.8) is 0 Å². The Balaban J connectivity index is 1.63. The Morgan fingerprint density at radius 3 is 3.12 bits per heavy atom. The summed E-state index contributed by atoms with van der Waals surface area (Å²) in [4.78, 5) is 17.9. The van der Waals surface area contributed by atoms with Gasteiger partial charge >= 0.3 is 0 Å². The summed E-state index contributed by atoms with van der Waals surface area (Å²) in [7, 11) is 0. The van der Waals surface area contributed by atoms with Crippen LogP contribution in [0.1, 0.15) is 29.8 Å². The van der Waals surface area contributed by atoms with Crippen LogP contribution in [0.4, 0.5) is 5.13 Å². The number of nitrogens with one attached hydrogen (secondary N) is 2. The second kappa shape index (κ2) is 4.74. The van der Waals surface area contributed by atoms with Gasteiger partial charge in [-0.25, -0.2) is 4.98 Å². The van der Waals surface area contributed by atoms with Gasteiger partial charge in [-0.05, 0) is 38.6 Å². The summed E-state index contributed by atoms with van der Waals surface area (Å²) in [6.45, 7) is 1.84. The second-order valence-electron chi connectivity index (χ2n) is 4.77. The Bertz CT molecular complexity index is 402. The number of nitrogens with zero attached hydrogens (tertiary/aromatic N) is 1. The lowest BCUT2D eigenvalue weighted by Crippen LogP contribution is -2.37. The lowest BCUT2D eigenvalue weighted by molar-refractivity contribution is -0.120. The van der Waals surface area contributed by atoms with Gasteiger partial charge in [0.25, 0.3) is 0 Å². The molecule has 0 bridgehead atoms. The average Bonchev–Trinajstić information content (AvgIpc) is 2.90. The van der Waals surface area contributed by atoms with Crippen LogP contribution >= 0.6 is 11.3 Å². The van der Waals surface area contributed by atoms with E-state index in [1.165, 1.54) is 17.0 Å². The average molecular weight is 251 g/mol. The zero-order valence-electron chi connectivity index (χ0n) is 9.79. The first-order chi connectivity index (χ1) is 8.33. The number of carbonyl (C=O) groups is 1. The molecule has 1 fully saturated rings. The van der Waals surface area contributed by atoms with Crippen LogP contribution in [0.2, 0.25) is 0 Å². The van der Waals surface area contributed by atoms with E-state index in [1.54, 1.807) is 11.3 Å². The maximum atomic E-state index is 12.0. The molecule has 1 aromatic rings. The molecule has 3 rings (SSSR count). The number of piperidine rings is 1. The van der Waals surface area contributed by atoms with Gasteiger partial charge in [0.1, 0.15) is 0 Å². The number of anilines is 1. The number of thiazole rings is 1. The first-order valence-electron chi connectivity index (χ1n) is 6.33.